The molecule has 1 amide bonds. The minimum Gasteiger partial charge on any atom is -0.488 e. The van der Waals surface area contributed by atoms with Crippen LogP contribution in [0.3, 0.4) is 0 Å². The first-order chi connectivity index (χ1) is 15.3. The van der Waals surface area contributed by atoms with E-state index in [1.165, 1.54) is 6.07 Å². The molecule has 2 aromatic carbocycles. The monoisotopic (exact) mass is 444 g/mol. The molecule has 32 heavy (non-hydrogen) atoms. The van der Waals surface area contributed by atoms with Gasteiger partial charge in [-0.25, -0.2) is 4.39 Å². The third kappa shape index (κ3) is 6.91. The summed E-state index contributed by atoms with van der Waals surface area (Å²) in [6, 6.07) is 14.1. The molecule has 2 unspecified atom stereocenters. The largest absolute Gasteiger partial charge is 0.488 e. The maximum Gasteiger partial charge on any atom is 0.238 e. The Hall–Kier alpha value is -2.68. The van der Waals surface area contributed by atoms with Crippen LogP contribution in [0.4, 0.5) is 15.8 Å². The fourth-order valence-electron chi connectivity index (χ4n) is 3.80. The van der Waals surface area contributed by atoms with E-state index in [0.717, 1.165) is 31.0 Å². The molecule has 0 radical (unpaired) electrons. The molecule has 0 bridgehead atoms. The second-order valence-electron chi connectivity index (χ2n) is 8.46. The van der Waals surface area contributed by atoms with Gasteiger partial charge in [0.05, 0.1) is 6.54 Å². The van der Waals surface area contributed by atoms with Crippen molar-refractivity contribution in [1.29, 1.82) is 0 Å². The average Bonchev–Trinajstić information content (AvgIpc) is 2.75. The first-order valence-electron chi connectivity index (χ1n) is 10.9. The molecule has 0 aliphatic carbocycles. The molecule has 2 aromatic rings. The maximum atomic E-state index is 13.6. The number of ether oxygens (including phenoxy) is 1. The molecule has 0 saturated carbocycles. The number of aliphatic hydroxyl groups is 1. The number of nitrogens with zero attached hydrogens (tertiary/aromatic N) is 3. The number of amides is 1. The molecule has 0 spiro atoms. The number of carbonyl (C=O) groups is 1. The topological polar surface area (TPSA) is 68.3 Å². The predicted molar refractivity (Wildman–Crippen MR) is 125 cm³/mol. The lowest BCUT2D eigenvalue weighted by atomic mass is 10.1. The van der Waals surface area contributed by atoms with Crippen molar-refractivity contribution in [2.45, 2.75) is 19.1 Å². The van der Waals surface area contributed by atoms with Gasteiger partial charge in [0.2, 0.25) is 5.91 Å². The first-order valence-corrected chi connectivity index (χ1v) is 10.9. The van der Waals surface area contributed by atoms with E-state index in [4.69, 9.17) is 4.74 Å². The van der Waals surface area contributed by atoms with Crippen molar-refractivity contribution in [3.8, 4) is 5.75 Å². The number of hydrogen-bond donors (Lipinski definition) is 2. The lowest BCUT2D eigenvalue weighted by Gasteiger charge is -2.40. The van der Waals surface area contributed by atoms with Crippen molar-refractivity contribution in [1.82, 2.24) is 9.80 Å². The van der Waals surface area contributed by atoms with Crippen LogP contribution in [0.1, 0.15) is 6.92 Å². The van der Waals surface area contributed by atoms with Gasteiger partial charge in [0, 0.05) is 57.7 Å². The van der Waals surface area contributed by atoms with E-state index in [0.29, 0.717) is 13.1 Å². The Labute approximate surface area is 189 Å². The molecule has 174 valence electrons. The highest BCUT2D eigenvalue weighted by Crippen LogP contribution is 2.17. The van der Waals surface area contributed by atoms with Crippen molar-refractivity contribution >= 4 is 17.3 Å². The Balaban J connectivity index is 1.40. The number of anilines is 2. The minimum atomic E-state index is -0.725. The van der Waals surface area contributed by atoms with Gasteiger partial charge in [-0.2, -0.15) is 0 Å². The fourth-order valence-corrected chi connectivity index (χ4v) is 3.80. The van der Waals surface area contributed by atoms with Crippen LogP contribution in [0.2, 0.25) is 0 Å². The van der Waals surface area contributed by atoms with Crippen LogP contribution in [-0.4, -0.2) is 86.4 Å². The van der Waals surface area contributed by atoms with Gasteiger partial charge in [0.1, 0.15) is 12.7 Å². The normalized spacial score (nSPS) is 18.2. The van der Waals surface area contributed by atoms with Gasteiger partial charge < -0.3 is 20.1 Å². The second-order valence-corrected chi connectivity index (χ2v) is 8.46. The molecular weight excluding hydrogens is 411 g/mol. The highest BCUT2D eigenvalue weighted by Gasteiger charge is 2.26. The molecule has 0 aromatic heterocycles. The Bertz CT molecular complexity index is 878. The Morgan fingerprint density at radius 1 is 1.22 bits per heavy atom. The molecule has 1 fully saturated rings. The average molecular weight is 445 g/mol. The van der Waals surface area contributed by atoms with E-state index in [-0.39, 0.29) is 24.3 Å². The summed E-state index contributed by atoms with van der Waals surface area (Å²) < 4.78 is 19.0. The lowest BCUT2D eigenvalue weighted by molar-refractivity contribution is -0.118. The Morgan fingerprint density at radius 3 is 2.59 bits per heavy atom. The van der Waals surface area contributed by atoms with Gasteiger partial charge in [0.25, 0.3) is 0 Å². The third-order valence-corrected chi connectivity index (χ3v) is 5.60. The molecule has 1 aliphatic rings. The van der Waals surface area contributed by atoms with Crippen LogP contribution < -0.4 is 15.0 Å². The number of rotatable bonds is 9. The number of piperazine rings is 1. The maximum absolute atomic E-state index is 13.6. The highest BCUT2D eigenvalue weighted by atomic mass is 19.1. The third-order valence-electron chi connectivity index (χ3n) is 5.60. The molecule has 2 N–H and O–H groups in total. The predicted octanol–water partition coefficient (Wildman–Crippen LogP) is 2.28. The summed E-state index contributed by atoms with van der Waals surface area (Å²) in [6.45, 7) is 5.08. The van der Waals surface area contributed by atoms with E-state index in [9.17, 15) is 14.3 Å². The van der Waals surface area contributed by atoms with E-state index >= 15 is 0 Å². The number of benzene rings is 2. The first kappa shape index (κ1) is 24.0. The van der Waals surface area contributed by atoms with Crippen LogP contribution in [-0.2, 0) is 4.79 Å². The van der Waals surface area contributed by atoms with Crippen molar-refractivity contribution < 1.29 is 19.0 Å². The molecule has 8 heteroatoms. The van der Waals surface area contributed by atoms with Gasteiger partial charge in [-0.15, -0.1) is 0 Å². The van der Waals surface area contributed by atoms with Crippen molar-refractivity contribution in [3.63, 3.8) is 0 Å². The summed E-state index contributed by atoms with van der Waals surface area (Å²) in [5.74, 6) is -0.332. The molecule has 1 heterocycles. The molecular formula is C24H33FN4O3. The zero-order valence-electron chi connectivity index (χ0n) is 19.0. The van der Waals surface area contributed by atoms with Gasteiger partial charge in [0.15, 0.2) is 11.6 Å². The number of carbonyl (C=O) groups excluding carboxylic acids is 1. The quantitative estimate of drug-likeness (QED) is 0.619. The lowest BCUT2D eigenvalue weighted by Crippen LogP contribution is -2.55. The summed E-state index contributed by atoms with van der Waals surface area (Å²) in [6.07, 6.45) is -0.725. The van der Waals surface area contributed by atoms with Gasteiger partial charge >= 0.3 is 0 Å². The SMILES string of the molecule is CC1CN(CC(=O)Nc2ccc(N(C)C)cc2)CCN1CC(O)COc1ccccc1F. The van der Waals surface area contributed by atoms with Gasteiger partial charge in [-0.3, -0.25) is 14.6 Å². The van der Waals surface area contributed by atoms with Crippen LogP contribution in [0.5, 0.6) is 5.75 Å². The smallest absolute Gasteiger partial charge is 0.238 e. The Morgan fingerprint density at radius 2 is 1.94 bits per heavy atom. The number of halogens is 1. The van der Waals surface area contributed by atoms with E-state index < -0.39 is 11.9 Å². The van der Waals surface area contributed by atoms with Crippen molar-refractivity contribution in [2.24, 2.45) is 0 Å². The highest BCUT2D eigenvalue weighted by molar-refractivity contribution is 5.92. The zero-order valence-corrected chi connectivity index (χ0v) is 19.0. The summed E-state index contributed by atoms with van der Waals surface area (Å²) in [5.41, 5.74) is 1.86. The number of aliphatic hydroxyl groups excluding tert-OH is 1. The van der Waals surface area contributed by atoms with Crippen LogP contribution in [0.25, 0.3) is 0 Å². The van der Waals surface area contributed by atoms with E-state index in [2.05, 4.69) is 22.0 Å². The van der Waals surface area contributed by atoms with Gasteiger partial charge in [-0.05, 0) is 43.3 Å². The summed E-state index contributed by atoms with van der Waals surface area (Å²) in [7, 11) is 3.95. The number of hydrogen-bond acceptors (Lipinski definition) is 6. The van der Waals surface area contributed by atoms with E-state index in [1.807, 2.05) is 43.3 Å². The number of nitrogens with one attached hydrogen (secondary N) is 1. The fraction of sp³-hybridized carbons (Fsp3) is 0.458. The molecule has 1 saturated heterocycles. The Kier molecular flexibility index (Phi) is 8.44. The summed E-state index contributed by atoms with van der Waals surface area (Å²) in [5, 5.41) is 13.3. The zero-order chi connectivity index (χ0) is 23.1. The second kappa shape index (κ2) is 11.3. The van der Waals surface area contributed by atoms with Crippen LogP contribution >= 0.6 is 0 Å². The van der Waals surface area contributed by atoms with Crippen LogP contribution in [0.15, 0.2) is 48.5 Å². The van der Waals surface area contributed by atoms with Crippen LogP contribution in [0, 0.1) is 5.82 Å². The summed E-state index contributed by atoms with van der Waals surface area (Å²) >= 11 is 0. The standard InChI is InChI=1S/C24H33FN4O3/c1-18-14-28(16-24(31)26-19-8-10-20(11-9-19)27(2)3)12-13-29(18)15-21(30)17-32-23-7-5-4-6-22(23)25/h4-11,18,21,30H,12-17H2,1-3H3,(H,26,31). The van der Waals surface area contributed by atoms with Crippen molar-refractivity contribution in [2.75, 3.05) is 63.6 Å². The number of β-amino-alcohol motifs (C(OH)–C–C–N with tert-alkyl or cyclic N) is 1. The number of para-hydroxylation sites is 1. The van der Waals surface area contributed by atoms with Gasteiger partial charge in [-0.1, -0.05) is 12.1 Å². The van der Waals surface area contributed by atoms with E-state index in [1.54, 1.807) is 18.2 Å². The molecule has 2 atom stereocenters. The molecule has 3 rings (SSSR count). The minimum absolute atomic E-state index is 0.0306. The molecule has 1 aliphatic heterocycles. The van der Waals surface area contributed by atoms with Crippen molar-refractivity contribution in [3.05, 3.63) is 54.3 Å². The molecule has 7 nitrogen and oxygen atoms in total. The summed E-state index contributed by atoms with van der Waals surface area (Å²) in [4.78, 5) is 18.7.